The molecular formula is C18H21F3N2O2S. The monoisotopic (exact) mass is 386 g/mol. The molecule has 26 heavy (non-hydrogen) atoms. The van der Waals surface area contributed by atoms with Gasteiger partial charge in [-0.15, -0.1) is 0 Å². The van der Waals surface area contributed by atoms with Crippen LogP contribution in [-0.4, -0.2) is 15.0 Å². The minimum atomic E-state index is -4.82. The molecule has 2 rings (SSSR count). The smallest absolute Gasteiger partial charge is 0.384 e. The lowest BCUT2D eigenvalue weighted by Gasteiger charge is -2.26. The Kier molecular flexibility index (Phi) is 5.67. The number of sulfonamides is 1. The Balaban J connectivity index is 2.19. The number of nitrogens with one attached hydrogen (secondary N) is 1. The zero-order chi connectivity index (χ0) is 19.6. The predicted octanol–water partition coefficient (Wildman–Crippen LogP) is 4.03. The summed E-state index contributed by atoms with van der Waals surface area (Å²) in [6, 6.07) is 12.7. The molecule has 0 aliphatic rings. The molecule has 0 saturated carbocycles. The van der Waals surface area contributed by atoms with Crippen molar-refractivity contribution in [2.75, 3.05) is 11.9 Å². The molecule has 0 aromatic heterocycles. The molecule has 0 radical (unpaired) electrons. The van der Waals surface area contributed by atoms with E-state index in [1.54, 1.807) is 0 Å². The second kappa shape index (κ2) is 7.28. The van der Waals surface area contributed by atoms with Crippen LogP contribution in [0.1, 0.15) is 25.0 Å². The van der Waals surface area contributed by atoms with E-state index in [1.807, 2.05) is 44.2 Å². The Bertz CT molecular complexity index is 864. The van der Waals surface area contributed by atoms with Crippen LogP contribution in [0.3, 0.4) is 0 Å². The molecule has 0 amide bonds. The van der Waals surface area contributed by atoms with Crippen LogP contribution in [0.5, 0.6) is 0 Å². The van der Waals surface area contributed by atoms with Crippen LogP contribution in [0, 0.1) is 5.41 Å². The van der Waals surface area contributed by atoms with Crippen molar-refractivity contribution >= 4 is 15.7 Å². The Labute approximate surface area is 151 Å². The van der Waals surface area contributed by atoms with E-state index in [0.717, 1.165) is 24.1 Å². The standard InChI is InChI=1S/C18H21F3N2O2S/c1-17(2,11-13-6-4-3-5-7-13)12-23-14-8-9-16(26(22,24)25)15(10-14)18(19,20)21/h3-10,23H,11-12H2,1-2H3,(H2,22,24,25). The lowest BCUT2D eigenvalue weighted by molar-refractivity contribution is -0.139. The van der Waals surface area contributed by atoms with Gasteiger partial charge in [0, 0.05) is 12.2 Å². The van der Waals surface area contributed by atoms with Crippen molar-refractivity contribution in [2.24, 2.45) is 10.6 Å². The molecule has 0 fully saturated rings. The van der Waals surface area contributed by atoms with E-state index in [9.17, 15) is 21.6 Å². The van der Waals surface area contributed by atoms with Crippen molar-refractivity contribution in [3.05, 3.63) is 59.7 Å². The lowest BCUT2D eigenvalue weighted by atomic mass is 9.85. The summed E-state index contributed by atoms with van der Waals surface area (Å²) < 4.78 is 62.3. The van der Waals surface area contributed by atoms with Gasteiger partial charge in [0.05, 0.1) is 10.5 Å². The van der Waals surface area contributed by atoms with Crippen LogP contribution in [-0.2, 0) is 22.6 Å². The SMILES string of the molecule is CC(C)(CNc1ccc(S(N)(=O)=O)c(C(F)(F)F)c1)Cc1ccccc1. The quantitative estimate of drug-likeness (QED) is 0.787. The molecule has 0 atom stereocenters. The van der Waals surface area contributed by atoms with E-state index in [2.05, 4.69) is 5.32 Å². The molecule has 2 aromatic carbocycles. The molecule has 0 bridgehead atoms. The maximum absolute atomic E-state index is 13.2. The zero-order valence-corrected chi connectivity index (χ0v) is 15.3. The third-order valence-corrected chi connectivity index (χ3v) is 4.86. The molecule has 0 spiro atoms. The first kappa shape index (κ1) is 20.3. The number of hydrogen-bond acceptors (Lipinski definition) is 3. The average Bonchev–Trinajstić information content (AvgIpc) is 2.51. The average molecular weight is 386 g/mol. The van der Waals surface area contributed by atoms with E-state index in [0.29, 0.717) is 6.54 Å². The highest BCUT2D eigenvalue weighted by Crippen LogP contribution is 2.35. The van der Waals surface area contributed by atoms with Gasteiger partial charge in [0.15, 0.2) is 0 Å². The summed E-state index contributed by atoms with van der Waals surface area (Å²) in [6.45, 7) is 4.40. The number of primary sulfonamides is 1. The van der Waals surface area contributed by atoms with Crippen molar-refractivity contribution in [1.29, 1.82) is 0 Å². The number of halogens is 3. The van der Waals surface area contributed by atoms with Crippen molar-refractivity contribution in [1.82, 2.24) is 0 Å². The van der Waals surface area contributed by atoms with E-state index in [4.69, 9.17) is 5.14 Å². The Hall–Kier alpha value is -2.06. The molecule has 4 nitrogen and oxygen atoms in total. The summed E-state index contributed by atoms with van der Waals surface area (Å²) in [5.41, 5.74) is -0.185. The number of hydrogen-bond donors (Lipinski definition) is 2. The van der Waals surface area contributed by atoms with Crippen molar-refractivity contribution < 1.29 is 21.6 Å². The summed E-state index contributed by atoms with van der Waals surface area (Å²) in [7, 11) is -4.47. The molecule has 0 heterocycles. The van der Waals surface area contributed by atoms with Gasteiger partial charge in [0.2, 0.25) is 10.0 Å². The fourth-order valence-corrected chi connectivity index (χ4v) is 3.40. The van der Waals surface area contributed by atoms with Crippen molar-refractivity contribution in [3.63, 3.8) is 0 Å². The van der Waals surface area contributed by atoms with Crippen LogP contribution >= 0.6 is 0 Å². The summed E-state index contributed by atoms with van der Waals surface area (Å²) >= 11 is 0. The van der Waals surface area contributed by atoms with Gasteiger partial charge in [-0.3, -0.25) is 0 Å². The highest BCUT2D eigenvalue weighted by molar-refractivity contribution is 7.89. The summed E-state index contributed by atoms with van der Waals surface area (Å²) in [6.07, 6.45) is -4.08. The van der Waals surface area contributed by atoms with Crippen molar-refractivity contribution in [2.45, 2.75) is 31.3 Å². The van der Waals surface area contributed by atoms with E-state index >= 15 is 0 Å². The minimum absolute atomic E-state index is 0.186. The van der Waals surface area contributed by atoms with Crippen LogP contribution in [0.25, 0.3) is 0 Å². The van der Waals surface area contributed by atoms with Gasteiger partial charge >= 0.3 is 6.18 Å². The number of anilines is 1. The molecule has 3 N–H and O–H groups in total. The summed E-state index contributed by atoms with van der Waals surface area (Å²) in [4.78, 5) is -0.931. The molecular weight excluding hydrogens is 365 g/mol. The normalized spacial score (nSPS) is 12.8. The first-order valence-electron chi connectivity index (χ1n) is 7.90. The Morgan fingerprint density at radius 2 is 1.65 bits per heavy atom. The van der Waals surface area contributed by atoms with E-state index < -0.39 is 26.7 Å². The Morgan fingerprint density at radius 1 is 1.04 bits per heavy atom. The molecule has 2 aromatic rings. The van der Waals surface area contributed by atoms with E-state index in [-0.39, 0.29) is 11.1 Å². The highest BCUT2D eigenvalue weighted by Gasteiger charge is 2.36. The van der Waals surface area contributed by atoms with Gasteiger partial charge in [-0.2, -0.15) is 13.2 Å². The number of rotatable bonds is 6. The van der Waals surface area contributed by atoms with E-state index in [1.165, 1.54) is 6.07 Å². The maximum Gasteiger partial charge on any atom is 0.417 e. The number of benzene rings is 2. The summed E-state index contributed by atoms with van der Waals surface area (Å²) in [5.74, 6) is 0. The third-order valence-electron chi connectivity index (χ3n) is 3.89. The predicted molar refractivity (Wildman–Crippen MR) is 95.2 cm³/mol. The molecule has 0 aliphatic carbocycles. The summed E-state index contributed by atoms with van der Waals surface area (Å²) in [5, 5.41) is 7.85. The van der Waals surface area contributed by atoms with Gasteiger partial charge in [-0.05, 0) is 35.6 Å². The second-order valence-corrected chi connectivity index (χ2v) is 8.46. The molecule has 142 valence electrons. The first-order valence-corrected chi connectivity index (χ1v) is 9.45. The fraction of sp³-hybridized carbons (Fsp3) is 0.333. The van der Waals surface area contributed by atoms with Gasteiger partial charge in [-0.25, -0.2) is 13.6 Å². The second-order valence-electron chi connectivity index (χ2n) is 6.93. The third kappa shape index (κ3) is 5.47. The van der Waals surface area contributed by atoms with Gasteiger partial charge in [-0.1, -0.05) is 44.2 Å². The molecule has 0 aliphatic heterocycles. The molecule has 0 unspecified atom stereocenters. The van der Waals surface area contributed by atoms with Crippen molar-refractivity contribution in [3.8, 4) is 0 Å². The number of alkyl halides is 3. The van der Waals surface area contributed by atoms with Gasteiger partial charge in [0.1, 0.15) is 0 Å². The van der Waals surface area contributed by atoms with Crippen LogP contribution < -0.4 is 10.5 Å². The van der Waals surface area contributed by atoms with Crippen LogP contribution in [0.4, 0.5) is 18.9 Å². The zero-order valence-electron chi connectivity index (χ0n) is 14.5. The maximum atomic E-state index is 13.2. The van der Waals surface area contributed by atoms with Gasteiger partial charge < -0.3 is 5.32 Å². The largest absolute Gasteiger partial charge is 0.417 e. The first-order chi connectivity index (χ1) is 11.9. The Morgan fingerprint density at radius 3 is 2.19 bits per heavy atom. The minimum Gasteiger partial charge on any atom is -0.384 e. The fourth-order valence-electron chi connectivity index (χ4n) is 2.66. The molecule has 8 heteroatoms. The van der Waals surface area contributed by atoms with Crippen LogP contribution in [0.2, 0.25) is 0 Å². The van der Waals surface area contributed by atoms with Gasteiger partial charge in [0.25, 0.3) is 0 Å². The molecule has 0 saturated heterocycles. The lowest BCUT2D eigenvalue weighted by Crippen LogP contribution is -2.26. The highest BCUT2D eigenvalue weighted by atomic mass is 32.2. The number of nitrogens with two attached hydrogens (primary N) is 1. The van der Waals surface area contributed by atoms with Crippen LogP contribution in [0.15, 0.2) is 53.4 Å². The topological polar surface area (TPSA) is 72.2 Å².